The molecule has 0 aliphatic rings. The third-order valence-corrected chi connectivity index (χ3v) is 2.26. The summed E-state index contributed by atoms with van der Waals surface area (Å²) in [5.74, 6) is -4.10. The van der Waals surface area contributed by atoms with Gasteiger partial charge in [0.15, 0.2) is 0 Å². The van der Waals surface area contributed by atoms with Gasteiger partial charge < -0.3 is 11.1 Å². The van der Waals surface area contributed by atoms with Gasteiger partial charge in [-0.3, -0.25) is 0 Å². The van der Waals surface area contributed by atoms with Gasteiger partial charge in [0.1, 0.15) is 0 Å². The Bertz CT molecular complexity index is 454. The summed E-state index contributed by atoms with van der Waals surface area (Å²) in [5.41, 5.74) is 6.59. The molecular weight excluding hydrogens is 250 g/mol. The molecule has 0 saturated carbocycles. The number of alkyl halides is 4. The Hall–Kier alpha value is -1.97. The normalized spacial score (nSPS) is 11.3. The predicted molar refractivity (Wildman–Crippen MR) is 59.6 cm³/mol. The first kappa shape index (κ1) is 14.1. The Labute approximate surface area is 101 Å². The van der Waals surface area contributed by atoms with Crippen LogP contribution in [0.2, 0.25) is 0 Å². The van der Waals surface area contributed by atoms with Crippen molar-refractivity contribution in [2.75, 3.05) is 17.6 Å². The van der Waals surface area contributed by atoms with Crippen LogP contribution in [0.25, 0.3) is 0 Å². The second kappa shape index (κ2) is 5.58. The number of nitrogens with one attached hydrogen (secondary N) is 1. The topological polar surface area (TPSA) is 61.8 Å². The number of nitrogen functional groups attached to an aromatic ring is 1. The minimum atomic E-state index is -4.10. The van der Waals surface area contributed by atoms with Crippen LogP contribution >= 0.6 is 0 Å². The molecule has 0 radical (unpaired) electrons. The first-order chi connectivity index (χ1) is 8.36. The zero-order valence-electron chi connectivity index (χ0n) is 9.26. The molecule has 0 aromatic heterocycles. The fourth-order valence-corrected chi connectivity index (χ4v) is 1.25. The first-order valence-corrected chi connectivity index (χ1v) is 5.02. The lowest BCUT2D eigenvalue weighted by atomic mass is 10.1. The molecule has 0 fully saturated rings. The fourth-order valence-electron chi connectivity index (χ4n) is 1.25. The summed E-state index contributed by atoms with van der Waals surface area (Å²) in [7, 11) is 0. The highest BCUT2D eigenvalue weighted by Gasteiger charge is 2.40. The average Bonchev–Trinajstić information content (AvgIpc) is 2.30. The minimum Gasteiger partial charge on any atom is -0.398 e. The van der Waals surface area contributed by atoms with E-state index in [4.69, 9.17) is 11.0 Å². The average molecular weight is 261 g/mol. The van der Waals surface area contributed by atoms with Gasteiger partial charge in [-0.15, -0.1) is 0 Å². The van der Waals surface area contributed by atoms with E-state index >= 15 is 0 Å². The van der Waals surface area contributed by atoms with Gasteiger partial charge in [0.25, 0.3) is 0 Å². The van der Waals surface area contributed by atoms with Crippen LogP contribution in [0.1, 0.15) is 5.56 Å². The van der Waals surface area contributed by atoms with Gasteiger partial charge in [-0.25, -0.2) is 8.78 Å². The van der Waals surface area contributed by atoms with Gasteiger partial charge in [0, 0.05) is 11.4 Å². The van der Waals surface area contributed by atoms with Crippen molar-refractivity contribution in [3.05, 3.63) is 23.8 Å². The number of nitrogens with two attached hydrogens (primary N) is 1. The molecule has 18 heavy (non-hydrogen) atoms. The van der Waals surface area contributed by atoms with E-state index in [9.17, 15) is 17.6 Å². The summed E-state index contributed by atoms with van der Waals surface area (Å²) in [4.78, 5) is 0. The van der Waals surface area contributed by atoms with Gasteiger partial charge in [-0.05, 0) is 23.8 Å². The Balaban J connectivity index is 2.75. The van der Waals surface area contributed by atoms with Crippen LogP contribution in [0.15, 0.2) is 18.2 Å². The summed E-state index contributed by atoms with van der Waals surface area (Å²) in [6.45, 7) is -1.18. The number of hydrogen-bond acceptors (Lipinski definition) is 3. The van der Waals surface area contributed by atoms with Crippen molar-refractivity contribution >= 4 is 11.4 Å². The van der Waals surface area contributed by atoms with E-state index in [0.717, 1.165) is 0 Å². The van der Waals surface area contributed by atoms with Crippen molar-refractivity contribution in [2.24, 2.45) is 0 Å². The number of benzene rings is 1. The smallest absolute Gasteiger partial charge is 0.324 e. The summed E-state index contributed by atoms with van der Waals surface area (Å²) in [6.07, 6.45) is -3.70. The maximum Gasteiger partial charge on any atom is 0.324 e. The molecule has 0 amide bonds. The number of hydrogen-bond donors (Lipinski definition) is 2. The number of rotatable bonds is 5. The van der Waals surface area contributed by atoms with Crippen molar-refractivity contribution in [3.63, 3.8) is 0 Å². The van der Waals surface area contributed by atoms with Crippen LogP contribution in [0.4, 0.5) is 28.9 Å². The van der Waals surface area contributed by atoms with Crippen molar-refractivity contribution in [1.29, 1.82) is 5.26 Å². The molecule has 3 N–H and O–H groups in total. The van der Waals surface area contributed by atoms with Crippen LogP contribution in [0, 0.1) is 11.3 Å². The van der Waals surface area contributed by atoms with Gasteiger partial charge in [-0.1, -0.05) is 0 Å². The lowest BCUT2D eigenvalue weighted by Gasteiger charge is -2.17. The molecular formula is C11H11F4N3. The molecule has 7 heteroatoms. The third kappa shape index (κ3) is 3.52. The molecule has 3 nitrogen and oxygen atoms in total. The molecule has 0 saturated heterocycles. The third-order valence-electron chi connectivity index (χ3n) is 2.26. The fraction of sp³-hybridized carbons (Fsp3) is 0.364. The largest absolute Gasteiger partial charge is 0.398 e. The second-order valence-electron chi connectivity index (χ2n) is 3.66. The molecule has 98 valence electrons. The molecule has 0 aliphatic carbocycles. The maximum atomic E-state index is 12.7. The summed E-state index contributed by atoms with van der Waals surface area (Å²) >= 11 is 0. The summed E-state index contributed by atoms with van der Waals surface area (Å²) in [5, 5.41) is 10.7. The molecule has 1 aromatic carbocycles. The van der Waals surface area contributed by atoms with Crippen LogP contribution in [-0.4, -0.2) is 18.9 Å². The number of anilines is 2. The molecule has 1 aromatic rings. The van der Waals surface area contributed by atoms with Crippen LogP contribution in [-0.2, 0) is 6.42 Å². The highest BCUT2D eigenvalue weighted by Crippen LogP contribution is 2.24. The zero-order chi connectivity index (χ0) is 13.8. The molecule has 0 spiro atoms. The highest BCUT2D eigenvalue weighted by atomic mass is 19.3. The van der Waals surface area contributed by atoms with Crippen LogP contribution in [0.3, 0.4) is 0 Å². The minimum absolute atomic E-state index is 0.0204. The van der Waals surface area contributed by atoms with E-state index in [1.165, 1.54) is 18.2 Å². The Morgan fingerprint density at radius 3 is 2.61 bits per heavy atom. The predicted octanol–water partition coefficient (Wildman–Crippen LogP) is 2.65. The molecule has 0 aliphatic heterocycles. The van der Waals surface area contributed by atoms with Crippen molar-refractivity contribution in [2.45, 2.75) is 18.8 Å². The lowest BCUT2D eigenvalue weighted by molar-refractivity contribution is -0.117. The Morgan fingerprint density at radius 1 is 1.39 bits per heavy atom. The van der Waals surface area contributed by atoms with E-state index in [2.05, 4.69) is 5.32 Å². The highest BCUT2D eigenvalue weighted by molar-refractivity contribution is 5.58. The standard InChI is InChI=1S/C11H11F4N3/c12-10(13)11(14,15)6-18-8-1-2-9(17)7(5-8)3-4-16/h1-2,5,10,18H,3,6,17H2. The van der Waals surface area contributed by atoms with Crippen LogP contribution < -0.4 is 11.1 Å². The van der Waals surface area contributed by atoms with Crippen molar-refractivity contribution in [3.8, 4) is 6.07 Å². The number of halogens is 4. The quantitative estimate of drug-likeness (QED) is 0.632. The first-order valence-electron chi connectivity index (χ1n) is 5.02. The van der Waals surface area contributed by atoms with E-state index in [0.29, 0.717) is 11.3 Å². The summed E-state index contributed by atoms with van der Waals surface area (Å²) < 4.78 is 49.2. The monoisotopic (exact) mass is 261 g/mol. The number of nitrogens with zero attached hydrogens (tertiary/aromatic N) is 1. The molecule has 0 unspecified atom stereocenters. The SMILES string of the molecule is N#CCc1cc(NCC(F)(F)C(F)F)ccc1N. The van der Waals surface area contributed by atoms with E-state index < -0.39 is 18.9 Å². The van der Waals surface area contributed by atoms with Crippen molar-refractivity contribution < 1.29 is 17.6 Å². The van der Waals surface area contributed by atoms with Gasteiger partial charge in [-0.2, -0.15) is 14.0 Å². The second-order valence-corrected chi connectivity index (χ2v) is 3.66. The molecule has 0 bridgehead atoms. The van der Waals surface area contributed by atoms with Gasteiger partial charge >= 0.3 is 12.3 Å². The van der Waals surface area contributed by atoms with E-state index in [-0.39, 0.29) is 12.1 Å². The lowest BCUT2D eigenvalue weighted by Crippen LogP contribution is -2.34. The van der Waals surface area contributed by atoms with Gasteiger partial charge in [0.05, 0.1) is 19.0 Å². The van der Waals surface area contributed by atoms with E-state index in [1.807, 2.05) is 6.07 Å². The molecule has 0 atom stereocenters. The van der Waals surface area contributed by atoms with Gasteiger partial charge in [0.2, 0.25) is 0 Å². The number of nitriles is 1. The zero-order valence-corrected chi connectivity index (χ0v) is 9.26. The molecule has 0 heterocycles. The Morgan fingerprint density at radius 2 is 2.06 bits per heavy atom. The van der Waals surface area contributed by atoms with Crippen LogP contribution in [0.5, 0.6) is 0 Å². The maximum absolute atomic E-state index is 12.7. The van der Waals surface area contributed by atoms with Crippen molar-refractivity contribution in [1.82, 2.24) is 0 Å². The van der Waals surface area contributed by atoms with E-state index in [1.54, 1.807) is 0 Å². The molecule has 1 rings (SSSR count). The Kier molecular flexibility index (Phi) is 4.37. The summed E-state index contributed by atoms with van der Waals surface area (Å²) in [6, 6.07) is 6.07.